The topological polar surface area (TPSA) is 132 Å². The Morgan fingerprint density at radius 3 is 1.95 bits per heavy atom. The van der Waals surface area contributed by atoms with Crippen LogP contribution in [0.2, 0.25) is 0 Å². The van der Waals surface area contributed by atoms with Crippen LogP contribution in [0.3, 0.4) is 0 Å². The summed E-state index contributed by atoms with van der Waals surface area (Å²) in [4.78, 5) is 34.7. The number of amides is 1. The highest BCUT2D eigenvalue weighted by atomic mass is 16.5. The van der Waals surface area contributed by atoms with Crippen LogP contribution in [0, 0.1) is 5.41 Å². The molecule has 8 heteroatoms. The Balaban J connectivity index is 3.12. The molecule has 0 saturated carbocycles. The molecule has 0 unspecified atom stereocenters. The van der Waals surface area contributed by atoms with Crippen LogP contribution in [0.5, 0.6) is 0 Å². The average molecular weight is 293 g/mol. The van der Waals surface area contributed by atoms with Gasteiger partial charge in [-0.2, -0.15) is 0 Å². The van der Waals surface area contributed by atoms with E-state index in [1.54, 1.807) is 0 Å². The molecule has 0 aliphatic heterocycles. The van der Waals surface area contributed by atoms with Crippen molar-refractivity contribution in [3.05, 3.63) is 29.3 Å². The Morgan fingerprint density at radius 1 is 1.10 bits per heavy atom. The third-order valence-electron chi connectivity index (χ3n) is 2.41. The first-order valence-electron chi connectivity index (χ1n) is 5.81. The molecule has 0 aliphatic carbocycles. The quantitative estimate of drug-likeness (QED) is 0.412. The Kier molecular flexibility index (Phi) is 5.41. The Bertz CT molecular complexity index is 563. The molecule has 1 aromatic carbocycles. The summed E-state index contributed by atoms with van der Waals surface area (Å²) in [5, 5.41) is 9.48. The van der Waals surface area contributed by atoms with Gasteiger partial charge in [-0.15, -0.1) is 0 Å². The van der Waals surface area contributed by atoms with Gasteiger partial charge in [0.25, 0.3) is 0 Å². The molecule has 112 valence electrons. The number of nitrogens with two attached hydrogens (primary N) is 1. The minimum absolute atomic E-state index is 0.0820. The van der Waals surface area contributed by atoms with E-state index < -0.39 is 17.8 Å². The van der Waals surface area contributed by atoms with Gasteiger partial charge in [0.05, 0.1) is 31.8 Å². The summed E-state index contributed by atoms with van der Waals surface area (Å²) in [5.74, 6) is -2.17. The zero-order valence-electron chi connectivity index (χ0n) is 11.6. The van der Waals surface area contributed by atoms with Gasteiger partial charge in [-0.1, -0.05) is 0 Å². The van der Waals surface area contributed by atoms with Crippen LogP contribution in [0.15, 0.2) is 18.2 Å². The van der Waals surface area contributed by atoms with Crippen LogP contribution in [0.25, 0.3) is 0 Å². The molecule has 8 nitrogen and oxygen atoms in total. The third kappa shape index (κ3) is 4.60. The van der Waals surface area contributed by atoms with E-state index in [1.165, 1.54) is 32.4 Å². The molecule has 1 amide bonds. The zero-order chi connectivity index (χ0) is 16.0. The molecule has 0 saturated heterocycles. The summed E-state index contributed by atoms with van der Waals surface area (Å²) in [6, 6.07) is 3.98. The molecule has 0 radical (unpaired) electrons. The van der Waals surface area contributed by atoms with Crippen LogP contribution < -0.4 is 11.1 Å². The van der Waals surface area contributed by atoms with Gasteiger partial charge in [-0.3, -0.25) is 10.2 Å². The molecule has 1 aromatic rings. The predicted molar refractivity (Wildman–Crippen MR) is 74.3 cm³/mol. The summed E-state index contributed by atoms with van der Waals surface area (Å²) < 4.78 is 9.14. The molecule has 4 N–H and O–H groups in total. The number of ether oxygens (including phenoxy) is 2. The number of esters is 2. The number of rotatable bonds is 5. The second-order valence-electron chi connectivity index (χ2n) is 4.03. The molecule has 0 fully saturated rings. The van der Waals surface area contributed by atoms with Gasteiger partial charge in [0, 0.05) is 5.69 Å². The SMILES string of the molecule is COC(=O)c1cc(NC(=O)CC(=N)N)cc(C(=O)OC)c1. The second kappa shape index (κ2) is 7.04. The number of amidine groups is 1. The van der Waals surface area contributed by atoms with Crippen molar-refractivity contribution in [3.8, 4) is 0 Å². The maximum Gasteiger partial charge on any atom is 0.337 e. The summed E-state index contributed by atoms with van der Waals surface area (Å²) in [6.07, 6.45) is -0.296. The molecular weight excluding hydrogens is 278 g/mol. The monoisotopic (exact) mass is 293 g/mol. The molecule has 0 aromatic heterocycles. The maximum absolute atomic E-state index is 11.6. The third-order valence-corrected chi connectivity index (χ3v) is 2.41. The van der Waals surface area contributed by atoms with Gasteiger partial charge in [-0.05, 0) is 18.2 Å². The first-order valence-corrected chi connectivity index (χ1v) is 5.81. The largest absolute Gasteiger partial charge is 0.465 e. The van der Waals surface area contributed by atoms with E-state index in [1.807, 2.05) is 0 Å². The van der Waals surface area contributed by atoms with Crippen LogP contribution in [-0.2, 0) is 14.3 Å². The number of carbonyl (C=O) groups excluding carboxylic acids is 3. The van der Waals surface area contributed by atoms with Crippen LogP contribution in [-0.4, -0.2) is 37.9 Å². The van der Waals surface area contributed by atoms with Crippen molar-refractivity contribution >= 4 is 29.4 Å². The van der Waals surface area contributed by atoms with Crippen molar-refractivity contribution in [1.29, 1.82) is 5.41 Å². The minimum Gasteiger partial charge on any atom is -0.465 e. The lowest BCUT2D eigenvalue weighted by atomic mass is 10.1. The van der Waals surface area contributed by atoms with Gasteiger partial charge in [0.2, 0.25) is 5.91 Å². The molecule has 0 atom stereocenters. The Morgan fingerprint density at radius 2 is 1.57 bits per heavy atom. The van der Waals surface area contributed by atoms with Gasteiger partial charge < -0.3 is 20.5 Å². The van der Waals surface area contributed by atoms with E-state index in [-0.39, 0.29) is 29.1 Å². The number of hydrogen-bond donors (Lipinski definition) is 3. The van der Waals surface area contributed by atoms with Crippen LogP contribution in [0.1, 0.15) is 27.1 Å². The number of nitrogens with one attached hydrogen (secondary N) is 2. The minimum atomic E-state index is -0.664. The summed E-state index contributed by atoms with van der Waals surface area (Å²) in [5.41, 5.74) is 5.48. The van der Waals surface area contributed by atoms with Gasteiger partial charge in [0.1, 0.15) is 5.84 Å². The lowest BCUT2D eigenvalue weighted by Crippen LogP contribution is -2.21. The van der Waals surface area contributed by atoms with Crippen LogP contribution >= 0.6 is 0 Å². The molecule has 0 spiro atoms. The summed E-state index contributed by atoms with van der Waals surface area (Å²) in [7, 11) is 2.39. The number of hydrogen-bond acceptors (Lipinski definition) is 6. The first-order chi connectivity index (χ1) is 9.87. The normalized spacial score (nSPS) is 9.62. The molecule has 0 bridgehead atoms. The predicted octanol–water partition coefficient (Wildman–Crippen LogP) is 0.524. The first kappa shape index (κ1) is 16.2. The summed E-state index contributed by atoms with van der Waals surface area (Å²) in [6.45, 7) is 0. The highest BCUT2D eigenvalue weighted by Gasteiger charge is 2.15. The van der Waals surface area contributed by atoms with E-state index in [2.05, 4.69) is 14.8 Å². The standard InChI is InChI=1S/C13H15N3O5/c1-20-12(18)7-3-8(13(19)21-2)5-9(4-7)16-11(17)6-10(14)15/h3-5H,6H2,1-2H3,(H3,14,15)(H,16,17). The highest BCUT2D eigenvalue weighted by molar-refractivity contribution is 6.05. The van der Waals surface area contributed by atoms with E-state index in [0.717, 1.165) is 0 Å². The number of methoxy groups -OCH3 is 2. The van der Waals surface area contributed by atoms with Gasteiger partial charge in [-0.25, -0.2) is 9.59 Å². The van der Waals surface area contributed by atoms with Crippen molar-refractivity contribution in [2.45, 2.75) is 6.42 Å². The molecule has 1 rings (SSSR count). The molecule has 0 aliphatic rings. The lowest BCUT2D eigenvalue weighted by molar-refractivity contribution is -0.115. The number of benzene rings is 1. The molecule has 0 heterocycles. The van der Waals surface area contributed by atoms with Crippen molar-refractivity contribution in [1.82, 2.24) is 0 Å². The van der Waals surface area contributed by atoms with E-state index in [4.69, 9.17) is 11.1 Å². The maximum atomic E-state index is 11.6. The van der Waals surface area contributed by atoms with Gasteiger partial charge >= 0.3 is 11.9 Å². The van der Waals surface area contributed by atoms with E-state index >= 15 is 0 Å². The van der Waals surface area contributed by atoms with E-state index in [9.17, 15) is 14.4 Å². The van der Waals surface area contributed by atoms with E-state index in [0.29, 0.717) is 0 Å². The Hall–Kier alpha value is -2.90. The fourth-order valence-electron chi connectivity index (χ4n) is 1.55. The second-order valence-corrected chi connectivity index (χ2v) is 4.03. The summed E-state index contributed by atoms with van der Waals surface area (Å²) >= 11 is 0. The zero-order valence-corrected chi connectivity index (χ0v) is 11.6. The Labute approximate surface area is 120 Å². The van der Waals surface area contributed by atoms with Crippen molar-refractivity contribution in [2.75, 3.05) is 19.5 Å². The average Bonchev–Trinajstić information content (AvgIpc) is 2.44. The highest BCUT2D eigenvalue weighted by Crippen LogP contribution is 2.17. The van der Waals surface area contributed by atoms with Crippen molar-refractivity contribution in [3.63, 3.8) is 0 Å². The van der Waals surface area contributed by atoms with Crippen molar-refractivity contribution < 1.29 is 23.9 Å². The van der Waals surface area contributed by atoms with Gasteiger partial charge in [0.15, 0.2) is 0 Å². The molecular formula is C13H15N3O5. The fourth-order valence-corrected chi connectivity index (χ4v) is 1.55. The smallest absolute Gasteiger partial charge is 0.337 e. The number of carbonyl (C=O) groups is 3. The number of anilines is 1. The molecule has 21 heavy (non-hydrogen) atoms. The lowest BCUT2D eigenvalue weighted by Gasteiger charge is -2.09. The van der Waals surface area contributed by atoms with Crippen LogP contribution in [0.4, 0.5) is 5.69 Å². The van der Waals surface area contributed by atoms with Crippen molar-refractivity contribution in [2.24, 2.45) is 5.73 Å². The fraction of sp³-hybridized carbons (Fsp3) is 0.231.